The number of carbonyl (C=O) groups is 1. The minimum absolute atomic E-state index is 0.0995. The molecule has 1 unspecified atom stereocenters. The molecule has 4 heteroatoms. The van der Waals surface area contributed by atoms with Crippen molar-refractivity contribution in [2.24, 2.45) is 5.92 Å². The summed E-state index contributed by atoms with van der Waals surface area (Å²) in [4.78, 5) is 18.6. The number of aromatic nitrogens is 1. The Morgan fingerprint density at radius 2 is 2.32 bits per heavy atom. The van der Waals surface area contributed by atoms with E-state index in [9.17, 15) is 4.79 Å². The zero-order valence-electron chi connectivity index (χ0n) is 11.3. The summed E-state index contributed by atoms with van der Waals surface area (Å²) in [5.41, 5.74) is 2.19. The molecule has 19 heavy (non-hydrogen) atoms. The first-order valence-corrected chi connectivity index (χ1v) is 6.80. The number of fused-ring (bicyclic) bond motifs is 1. The lowest BCUT2D eigenvalue weighted by atomic mass is 9.99. The minimum atomic E-state index is 0.0995. The summed E-state index contributed by atoms with van der Waals surface area (Å²) in [6.45, 7) is 5.72. The zero-order chi connectivity index (χ0) is 13.4. The van der Waals surface area contributed by atoms with E-state index in [2.05, 4.69) is 11.9 Å². The van der Waals surface area contributed by atoms with Crippen molar-refractivity contribution < 1.29 is 9.21 Å². The fourth-order valence-electron chi connectivity index (χ4n) is 2.73. The van der Waals surface area contributed by atoms with Crippen LogP contribution < -0.4 is 0 Å². The molecule has 2 aromatic rings. The fourth-order valence-corrected chi connectivity index (χ4v) is 2.73. The molecule has 1 amide bonds. The van der Waals surface area contributed by atoms with E-state index in [0.717, 1.165) is 25.0 Å². The van der Waals surface area contributed by atoms with Gasteiger partial charge in [0.15, 0.2) is 11.5 Å². The number of nitrogens with zero attached hydrogens (tertiary/aromatic N) is 2. The van der Waals surface area contributed by atoms with Crippen molar-refractivity contribution in [1.29, 1.82) is 0 Å². The second-order valence-electron chi connectivity index (χ2n) is 5.41. The first kappa shape index (κ1) is 12.2. The molecule has 1 aliphatic heterocycles. The number of benzene rings is 1. The number of likely N-dealkylation sites (tertiary alicyclic amines) is 1. The maximum atomic E-state index is 12.5. The Labute approximate surface area is 112 Å². The quantitative estimate of drug-likeness (QED) is 0.790. The summed E-state index contributed by atoms with van der Waals surface area (Å²) in [6.07, 6.45) is 2.31. The van der Waals surface area contributed by atoms with Crippen LogP contribution >= 0.6 is 0 Å². The van der Waals surface area contributed by atoms with Crippen molar-refractivity contribution in [1.82, 2.24) is 9.88 Å². The lowest BCUT2D eigenvalue weighted by Crippen LogP contribution is -2.39. The molecule has 1 aromatic heterocycles. The van der Waals surface area contributed by atoms with E-state index in [1.54, 1.807) is 6.07 Å². The van der Waals surface area contributed by atoms with Crippen LogP contribution in [0.2, 0.25) is 0 Å². The number of oxazole rings is 1. The summed E-state index contributed by atoms with van der Waals surface area (Å²) in [5, 5.41) is 0. The molecule has 1 aromatic carbocycles. The molecule has 1 atom stereocenters. The van der Waals surface area contributed by atoms with Crippen LogP contribution in [0.4, 0.5) is 0 Å². The molecule has 0 radical (unpaired) electrons. The van der Waals surface area contributed by atoms with Gasteiger partial charge in [-0.05, 0) is 37.0 Å². The van der Waals surface area contributed by atoms with Gasteiger partial charge in [0.2, 0.25) is 0 Å². The number of amides is 1. The average Bonchev–Trinajstić information content (AvgIpc) is 2.76. The van der Waals surface area contributed by atoms with Crippen molar-refractivity contribution in [3.63, 3.8) is 0 Å². The van der Waals surface area contributed by atoms with E-state index in [0.29, 0.717) is 23.0 Å². The van der Waals surface area contributed by atoms with E-state index in [-0.39, 0.29) is 5.91 Å². The normalized spacial score (nSPS) is 19.9. The van der Waals surface area contributed by atoms with E-state index < -0.39 is 0 Å². The highest BCUT2D eigenvalue weighted by Crippen LogP contribution is 2.21. The third-order valence-electron chi connectivity index (χ3n) is 3.69. The molecule has 0 saturated carbocycles. The van der Waals surface area contributed by atoms with Gasteiger partial charge in [0.1, 0.15) is 5.52 Å². The molecule has 3 rings (SSSR count). The monoisotopic (exact) mass is 258 g/mol. The maximum Gasteiger partial charge on any atom is 0.254 e. The molecule has 1 saturated heterocycles. The SMILES string of the molecule is Cc1nc2ccc(C(=O)N3CCCC(C)C3)cc2o1. The number of piperidine rings is 1. The number of rotatable bonds is 1. The van der Waals surface area contributed by atoms with Gasteiger partial charge >= 0.3 is 0 Å². The van der Waals surface area contributed by atoms with Crippen LogP contribution in [0, 0.1) is 12.8 Å². The first-order valence-electron chi connectivity index (χ1n) is 6.80. The van der Waals surface area contributed by atoms with E-state index >= 15 is 0 Å². The Morgan fingerprint density at radius 1 is 1.47 bits per heavy atom. The van der Waals surface area contributed by atoms with Crippen LogP contribution in [0.25, 0.3) is 11.1 Å². The van der Waals surface area contributed by atoms with Crippen LogP contribution in [-0.2, 0) is 0 Å². The van der Waals surface area contributed by atoms with Crippen LogP contribution in [0.15, 0.2) is 22.6 Å². The Balaban J connectivity index is 1.88. The van der Waals surface area contributed by atoms with Gasteiger partial charge in [-0.25, -0.2) is 4.98 Å². The van der Waals surface area contributed by atoms with Crippen molar-refractivity contribution in [2.45, 2.75) is 26.7 Å². The third kappa shape index (κ3) is 2.35. The Hall–Kier alpha value is -1.84. The zero-order valence-corrected chi connectivity index (χ0v) is 11.3. The summed E-state index contributed by atoms with van der Waals surface area (Å²) in [7, 11) is 0. The molecule has 0 aliphatic carbocycles. The lowest BCUT2D eigenvalue weighted by Gasteiger charge is -2.30. The summed E-state index contributed by atoms with van der Waals surface area (Å²) in [6, 6.07) is 5.50. The molecule has 4 nitrogen and oxygen atoms in total. The second kappa shape index (κ2) is 4.68. The highest BCUT2D eigenvalue weighted by molar-refractivity contribution is 5.97. The molecular weight excluding hydrogens is 240 g/mol. The standard InChI is InChI=1S/C15H18N2O2/c1-10-4-3-7-17(9-10)15(18)12-5-6-13-14(8-12)19-11(2)16-13/h5-6,8,10H,3-4,7,9H2,1-2H3. The van der Waals surface area contributed by atoms with Gasteiger partial charge in [0.25, 0.3) is 5.91 Å². The molecule has 100 valence electrons. The van der Waals surface area contributed by atoms with Gasteiger partial charge in [-0.2, -0.15) is 0 Å². The Bertz CT molecular complexity index is 618. The smallest absolute Gasteiger partial charge is 0.254 e. The number of hydrogen-bond donors (Lipinski definition) is 0. The van der Waals surface area contributed by atoms with E-state index in [4.69, 9.17) is 4.42 Å². The number of aryl methyl sites for hydroxylation is 1. The summed E-state index contributed by atoms with van der Waals surface area (Å²) >= 11 is 0. The molecule has 0 N–H and O–H groups in total. The molecule has 0 bridgehead atoms. The van der Waals surface area contributed by atoms with Gasteiger partial charge in [0.05, 0.1) is 0 Å². The molecular formula is C15H18N2O2. The predicted molar refractivity (Wildman–Crippen MR) is 73.0 cm³/mol. The van der Waals surface area contributed by atoms with Gasteiger partial charge in [-0.15, -0.1) is 0 Å². The topological polar surface area (TPSA) is 46.3 Å². The highest BCUT2D eigenvalue weighted by atomic mass is 16.3. The lowest BCUT2D eigenvalue weighted by molar-refractivity contribution is 0.0683. The Morgan fingerprint density at radius 3 is 3.11 bits per heavy atom. The maximum absolute atomic E-state index is 12.5. The molecule has 1 aliphatic rings. The fraction of sp³-hybridized carbons (Fsp3) is 0.467. The van der Waals surface area contributed by atoms with E-state index in [1.165, 1.54) is 6.42 Å². The van der Waals surface area contributed by atoms with Gasteiger partial charge < -0.3 is 9.32 Å². The van der Waals surface area contributed by atoms with Crippen molar-refractivity contribution in [3.8, 4) is 0 Å². The van der Waals surface area contributed by atoms with Gasteiger partial charge in [0, 0.05) is 25.6 Å². The number of carbonyl (C=O) groups excluding carboxylic acids is 1. The predicted octanol–water partition coefficient (Wildman–Crippen LogP) is 3.01. The number of hydrogen-bond acceptors (Lipinski definition) is 3. The molecule has 2 heterocycles. The summed E-state index contributed by atoms with van der Waals surface area (Å²) in [5.74, 6) is 1.32. The average molecular weight is 258 g/mol. The third-order valence-corrected chi connectivity index (χ3v) is 3.69. The summed E-state index contributed by atoms with van der Waals surface area (Å²) < 4.78 is 5.49. The van der Waals surface area contributed by atoms with Crippen LogP contribution in [0.5, 0.6) is 0 Å². The largest absolute Gasteiger partial charge is 0.441 e. The molecule has 1 fully saturated rings. The van der Waals surface area contributed by atoms with E-state index in [1.807, 2.05) is 24.0 Å². The van der Waals surface area contributed by atoms with Crippen molar-refractivity contribution in [3.05, 3.63) is 29.7 Å². The van der Waals surface area contributed by atoms with Crippen LogP contribution in [0.1, 0.15) is 36.0 Å². The van der Waals surface area contributed by atoms with Gasteiger partial charge in [-0.3, -0.25) is 4.79 Å². The minimum Gasteiger partial charge on any atom is -0.441 e. The highest BCUT2D eigenvalue weighted by Gasteiger charge is 2.22. The second-order valence-corrected chi connectivity index (χ2v) is 5.41. The first-order chi connectivity index (χ1) is 9.13. The van der Waals surface area contributed by atoms with Crippen molar-refractivity contribution in [2.75, 3.05) is 13.1 Å². The Kier molecular flexibility index (Phi) is 3.01. The van der Waals surface area contributed by atoms with Crippen LogP contribution in [-0.4, -0.2) is 28.9 Å². The molecule has 0 spiro atoms. The van der Waals surface area contributed by atoms with Gasteiger partial charge in [-0.1, -0.05) is 6.92 Å². The van der Waals surface area contributed by atoms with Crippen molar-refractivity contribution >= 4 is 17.0 Å². The van der Waals surface area contributed by atoms with Crippen LogP contribution in [0.3, 0.4) is 0 Å².